The first-order valence-electron chi connectivity index (χ1n) is 6.36. The molecule has 1 aromatic carbocycles. The van der Waals surface area contributed by atoms with E-state index in [9.17, 15) is 0 Å². The molecule has 6 heteroatoms. The van der Waals surface area contributed by atoms with Crippen LogP contribution in [0.5, 0.6) is 11.5 Å². The van der Waals surface area contributed by atoms with Crippen LogP contribution in [0.4, 0.5) is 0 Å². The van der Waals surface area contributed by atoms with Gasteiger partial charge < -0.3 is 14.8 Å². The number of benzene rings is 1. The van der Waals surface area contributed by atoms with Gasteiger partial charge in [0.05, 0.1) is 10.2 Å². The largest absolute Gasteiger partial charge is 0.486 e. The van der Waals surface area contributed by atoms with Gasteiger partial charge in [-0.1, -0.05) is 0 Å². The van der Waals surface area contributed by atoms with Crippen LogP contribution < -0.4 is 14.8 Å². The molecule has 0 fully saturated rings. The van der Waals surface area contributed by atoms with Crippen molar-refractivity contribution < 1.29 is 9.47 Å². The Bertz CT molecular complexity index is 592. The molecule has 0 unspecified atom stereocenters. The highest BCUT2D eigenvalue weighted by Gasteiger charge is 2.16. The molecule has 1 aliphatic rings. The van der Waals surface area contributed by atoms with E-state index in [1.165, 1.54) is 0 Å². The Labute approximate surface area is 125 Å². The summed E-state index contributed by atoms with van der Waals surface area (Å²) < 4.78 is 12.1. The Morgan fingerprint density at radius 3 is 2.95 bits per heavy atom. The molecule has 3 rings (SSSR count). The summed E-state index contributed by atoms with van der Waals surface area (Å²) in [5, 5.41) is 3.34. The molecule has 0 bridgehead atoms. The van der Waals surface area contributed by atoms with Crippen LogP contribution in [-0.4, -0.2) is 23.2 Å². The van der Waals surface area contributed by atoms with E-state index >= 15 is 0 Å². The van der Waals surface area contributed by atoms with Gasteiger partial charge in [0.1, 0.15) is 19.5 Å². The van der Waals surface area contributed by atoms with Crippen molar-refractivity contribution in [2.45, 2.75) is 13.1 Å². The molecule has 0 atom stereocenters. The lowest BCUT2D eigenvalue weighted by atomic mass is 10.2. The predicted octanol–water partition coefficient (Wildman–Crippen LogP) is 2.30. The number of hydrogen-bond donors (Lipinski definition) is 1. The van der Waals surface area contributed by atoms with Gasteiger partial charge in [-0.15, -0.1) is 0 Å². The zero-order valence-electron chi connectivity index (χ0n) is 10.8. The van der Waals surface area contributed by atoms with Gasteiger partial charge in [-0.3, -0.25) is 0 Å². The third-order valence-electron chi connectivity index (χ3n) is 2.94. The zero-order valence-corrected chi connectivity index (χ0v) is 12.4. The quantitative estimate of drug-likeness (QED) is 0.929. The second-order valence-corrected chi connectivity index (χ2v) is 5.26. The Morgan fingerprint density at radius 2 is 2.10 bits per heavy atom. The van der Waals surface area contributed by atoms with Crippen LogP contribution in [0.2, 0.25) is 0 Å². The third kappa shape index (κ3) is 3.08. The minimum atomic E-state index is 0.594. The fourth-order valence-corrected chi connectivity index (χ4v) is 2.63. The molecule has 0 aliphatic carbocycles. The van der Waals surface area contributed by atoms with Crippen molar-refractivity contribution >= 4 is 15.9 Å². The summed E-state index contributed by atoms with van der Waals surface area (Å²) in [7, 11) is 0. The van der Waals surface area contributed by atoms with Crippen LogP contribution >= 0.6 is 15.9 Å². The Balaban J connectivity index is 1.64. The van der Waals surface area contributed by atoms with E-state index in [2.05, 4.69) is 31.2 Å². The number of ether oxygens (including phenoxy) is 2. The molecular weight excluding hydrogens is 322 g/mol. The molecule has 2 aromatic rings. The third-order valence-corrected chi connectivity index (χ3v) is 3.52. The summed E-state index contributed by atoms with van der Waals surface area (Å²) in [6.07, 6.45) is 3.29. The molecule has 1 N–H and O–H groups in total. The summed E-state index contributed by atoms with van der Waals surface area (Å²) in [5.74, 6) is 1.58. The number of nitrogens with zero attached hydrogens (tertiary/aromatic N) is 2. The molecule has 1 aromatic heterocycles. The Kier molecular flexibility index (Phi) is 4.13. The molecule has 5 nitrogen and oxygen atoms in total. The highest BCUT2D eigenvalue weighted by atomic mass is 79.9. The summed E-state index contributed by atoms with van der Waals surface area (Å²) in [6.45, 7) is 2.63. The highest BCUT2D eigenvalue weighted by Crippen LogP contribution is 2.38. The van der Waals surface area contributed by atoms with Crippen LogP contribution in [-0.2, 0) is 13.1 Å². The van der Waals surface area contributed by atoms with E-state index in [1.54, 1.807) is 12.5 Å². The van der Waals surface area contributed by atoms with Crippen molar-refractivity contribution in [3.8, 4) is 11.5 Å². The smallest absolute Gasteiger partial charge is 0.175 e. The van der Waals surface area contributed by atoms with Crippen molar-refractivity contribution in [2.24, 2.45) is 0 Å². The van der Waals surface area contributed by atoms with E-state index in [0.717, 1.165) is 33.8 Å². The number of fused-ring (bicyclic) bond motifs is 1. The summed E-state index contributed by atoms with van der Waals surface area (Å²) in [6, 6.07) is 5.94. The fourth-order valence-electron chi connectivity index (χ4n) is 2.02. The van der Waals surface area contributed by atoms with Gasteiger partial charge in [0.25, 0.3) is 0 Å². The molecule has 0 spiro atoms. The lowest BCUT2D eigenvalue weighted by Gasteiger charge is -2.20. The number of halogens is 1. The van der Waals surface area contributed by atoms with Gasteiger partial charge >= 0.3 is 0 Å². The van der Waals surface area contributed by atoms with Gasteiger partial charge in [-0.05, 0) is 39.7 Å². The van der Waals surface area contributed by atoms with E-state index < -0.39 is 0 Å². The molecule has 0 amide bonds. The van der Waals surface area contributed by atoms with Crippen LogP contribution in [0.1, 0.15) is 11.3 Å². The SMILES string of the molecule is Brc1cc(CNCc2ccncn2)cc2c1OCCO2. The van der Waals surface area contributed by atoms with Gasteiger partial charge in [-0.25, -0.2) is 9.97 Å². The summed E-state index contributed by atoms with van der Waals surface area (Å²) >= 11 is 3.52. The number of nitrogens with one attached hydrogen (secondary N) is 1. The average molecular weight is 336 g/mol. The number of hydrogen-bond acceptors (Lipinski definition) is 5. The average Bonchev–Trinajstić information content (AvgIpc) is 2.48. The Morgan fingerprint density at radius 1 is 1.20 bits per heavy atom. The lowest BCUT2D eigenvalue weighted by Crippen LogP contribution is -2.17. The van der Waals surface area contributed by atoms with Crippen molar-refractivity contribution in [3.05, 3.63) is 46.5 Å². The minimum absolute atomic E-state index is 0.594. The maximum absolute atomic E-state index is 5.61. The van der Waals surface area contributed by atoms with Crippen molar-refractivity contribution in [1.82, 2.24) is 15.3 Å². The predicted molar refractivity (Wildman–Crippen MR) is 77.7 cm³/mol. The fraction of sp³-hybridized carbons (Fsp3) is 0.286. The van der Waals surface area contributed by atoms with Gasteiger partial charge in [0.15, 0.2) is 11.5 Å². The van der Waals surface area contributed by atoms with E-state index in [1.807, 2.05) is 18.2 Å². The van der Waals surface area contributed by atoms with Gasteiger partial charge in [0.2, 0.25) is 0 Å². The van der Waals surface area contributed by atoms with Crippen molar-refractivity contribution in [2.75, 3.05) is 13.2 Å². The van der Waals surface area contributed by atoms with E-state index in [4.69, 9.17) is 9.47 Å². The van der Waals surface area contributed by atoms with Crippen LogP contribution in [0.15, 0.2) is 35.2 Å². The number of rotatable bonds is 4. The zero-order chi connectivity index (χ0) is 13.8. The van der Waals surface area contributed by atoms with Crippen LogP contribution in [0.25, 0.3) is 0 Å². The lowest BCUT2D eigenvalue weighted by molar-refractivity contribution is 0.170. The van der Waals surface area contributed by atoms with Gasteiger partial charge in [0, 0.05) is 19.3 Å². The standard InChI is InChI=1S/C14H14BrN3O2/c15-12-5-10(6-13-14(12)20-4-3-19-13)7-17-8-11-1-2-16-9-18-11/h1-2,5-6,9,17H,3-4,7-8H2. The van der Waals surface area contributed by atoms with Crippen LogP contribution in [0, 0.1) is 0 Å². The maximum Gasteiger partial charge on any atom is 0.175 e. The van der Waals surface area contributed by atoms with Gasteiger partial charge in [-0.2, -0.15) is 0 Å². The number of aromatic nitrogens is 2. The molecule has 104 valence electrons. The molecule has 2 heterocycles. The normalized spacial score (nSPS) is 13.2. The maximum atomic E-state index is 5.61. The van der Waals surface area contributed by atoms with Crippen LogP contribution in [0.3, 0.4) is 0 Å². The Hall–Kier alpha value is -1.66. The highest BCUT2D eigenvalue weighted by molar-refractivity contribution is 9.10. The van der Waals surface area contributed by atoms with Crippen molar-refractivity contribution in [3.63, 3.8) is 0 Å². The van der Waals surface area contributed by atoms with E-state index in [0.29, 0.717) is 19.8 Å². The molecule has 0 saturated carbocycles. The molecule has 0 saturated heterocycles. The molecule has 1 aliphatic heterocycles. The second-order valence-electron chi connectivity index (χ2n) is 4.41. The monoisotopic (exact) mass is 335 g/mol. The first kappa shape index (κ1) is 13.3. The first-order valence-corrected chi connectivity index (χ1v) is 7.16. The van der Waals surface area contributed by atoms with Crippen molar-refractivity contribution in [1.29, 1.82) is 0 Å². The van der Waals surface area contributed by atoms with E-state index in [-0.39, 0.29) is 0 Å². The first-order chi connectivity index (χ1) is 9.83. The summed E-state index contributed by atoms with van der Waals surface area (Å²) in [4.78, 5) is 8.07. The molecule has 0 radical (unpaired) electrons. The molecular formula is C14H14BrN3O2. The minimum Gasteiger partial charge on any atom is -0.486 e. The topological polar surface area (TPSA) is 56.3 Å². The molecule has 20 heavy (non-hydrogen) atoms. The second kappa shape index (κ2) is 6.19. The summed E-state index contributed by atoms with van der Waals surface area (Å²) in [5.41, 5.74) is 2.10.